The smallest absolute Gasteiger partial charge is 0.164 e. The van der Waals surface area contributed by atoms with Crippen LogP contribution in [0.2, 0.25) is 0 Å². The Bertz CT molecular complexity index is 2620. The molecule has 0 aliphatic rings. The Hall–Kier alpha value is -7.23. The van der Waals surface area contributed by atoms with Crippen LogP contribution < -0.4 is 0 Å². The molecule has 1 heterocycles. The number of rotatable bonds is 8. The van der Waals surface area contributed by atoms with Gasteiger partial charge in [-0.15, -0.1) is 0 Å². The highest BCUT2D eigenvalue weighted by molar-refractivity contribution is 5.95. The molecule has 0 saturated carbocycles. The first kappa shape index (κ1) is 32.7. The molecule has 0 aliphatic heterocycles. The molecule has 0 amide bonds. The molecular weight excluding hydrogens is 655 g/mol. The van der Waals surface area contributed by atoms with Crippen molar-refractivity contribution in [1.29, 1.82) is 0 Å². The zero-order chi connectivity index (χ0) is 36.1. The second kappa shape index (κ2) is 14.8. The molecular formula is C51H35N3. The summed E-state index contributed by atoms with van der Waals surface area (Å²) in [6.45, 7) is 0. The zero-order valence-electron chi connectivity index (χ0n) is 29.5. The summed E-state index contributed by atoms with van der Waals surface area (Å²) in [4.78, 5) is 15.6. The molecule has 0 N–H and O–H groups in total. The number of benzene rings is 8. The summed E-state index contributed by atoms with van der Waals surface area (Å²) in [5.74, 6) is 1.87. The van der Waals surface area contributed by atoms with Gasteiger partial charge in [-0.3, -0.25) is 0 Å². The van der Waals surface area contributed by atoms with E-state index in [1.54, 1.807) is 0 Å². The van der Waals surface area contributed by atoms with Crippen LogP contribution in [0.4, 0.5) is 0 Å². The van der Waals surface area contributed by atoms with Crippen LogP contribution in [0.5, 0.6) is 0 Å². The van der Waals surface area contributed by atoms with Gasteiger partial charge in [-0.2, -0.15) is 0 Å². The molecule has 0 fully saturated rings. The monoisotopic (exact) mass is 689 g/mol. The van der Waals surface area contributed by atoms with Gasteiger partial charge in [0.1, 0.15) is 0 Å². The summed E-state index contributed by atoms with van der Waals surface area (Å²) in [5, 5.41) is 0. The minimum absolute atomic E-state index is 0.616. The molecule has 9 rings (SSSR count). The van der Waals surface area contributed by atoms with Crippen LogP contribution in [-0.4, -0.2) is 15.0 Å². The number of nitrogens with zero attached hydrogens (tertiary/aromatic N) is 3. The second-order valence-corrected chi connectivity index (χ2v) is 13.2. The van der Waals surface area contributed by atoms with Crippen molar-refractivity contribution >= 4 is 0 Å². The summed E-state index contributed by atoms with van der Waals surface area (Å²) in [6, 6.07) is 74.1. The Balaban J connectivity index is 1.25. The van der Waals surface area contributed by atoms with Crippen molar-refractivity contribution in [2.45, 2.75) is 0 Å². The van der Waals surface area contributed by atoms with Gasteiger partial charge in [0.25, 0.3) is 0 Å². The summed E-state index contributed by atoms with van der Waals surface area (Å²) >= 11 is 0. The molecule has 0 atom stereocenters. The molecule has 0 saturated heterocycles. The Morgan fingerprint density at radius 2 is 0.611 bits per heavy atom. The summed E-state index contributed by atoms with van der Waals surface area (Å²) in [7, 11) is 0. The normalized spacial score (nSPS) is 11.0. The van der Waals surface area contributed by atoms with Crippen LogP contribution in [0.15, 0.2) is 212 Å². The van der Waals surface area contributed by atoms with Gasteiger partial charge in [-0.05, 0) is 73.8 Å². The minimum Gasteiger partial charge on any atom is -0.208 e. The van der Waals surface area contributed by atoms with Crippen LogP contribution >= 0.6 is 0 Å². The number of hydrogen-bond acceptors (Lipinski definition) is 3. The lowest BCUT2D eigenvalue weighted by Crippen LogP contribution is -2.01. The highest BCUT2D eigenvalue weighted by Crippen LogP contribution is 2.41. The number of hydrogen-bond donors (Lipinski definition) is 0. The lowest BCUT2D eigenvalue weighted by molar-refractivity contribution is 1.07. The molecule has 9 aromatic rings. The van der Waals surface area contributed by atoms with Crippen LogP contribution in [0, 0.1) is 0 Å². The first-order chi connectivity index (χ1) is 26.8. The van der Waals surface area contributed by atoms with E-state index >= 15 is 0 Å². The lowest BCUT2D eigenvalue weighted by atomic mass is 9.87. The summed E-state index contributed by atoms with van der Waals surface area (Å²) in [5.41, 5.74) is 14.2. The molecule has 1 aromatic heterocycles. The Morgan fingerprint density at radius 1 is 0.204 bits per heavy atom. The second-order valence-electron chi connectivity index (χ2n) is 13.2. The van der Waals surface area contributed by atoms with Crippen molar-refractivity contribution in [3.8, 4) is 89.8 Å². The predicted molar refractivity (Wildman–Crippen MR) is 223 cm³/mol. The van der Waals surface area contributed by atoms with Gasteiger partial charge in [0.05, 0.1) is 0 Å². The fourth-order valence-corrected chi connectivity index (χ4v) is 7.14. The standard InChI is InChI=1S/C51H35N3/c1-6-18-36(19-7-1)41-32-33-46(47(35-41)39-24-12-4-13-25-39)51-53-49(40-26-14-5-15-27-40)52-50(54-51)43-29-16-28-42(34-43)48-44(37-20-8-2-9-21-37)30-17-31-45(48)38-22-10-3-11-23-38/h1-35H. The molecule has 0 unspecified atom stereocenters. The van der Waals surface area contributed by atoms with E-state index in [9.17, 15) is 0 Å². The number of aromatic nitrogens is 3. The van der Waals surface area contributed by atoms with E-state index in [2.05, 4.69) is 182 Å². The average Bonchev–Trinajstić information content (AvgIpc) is 3.27. The molecule has 0 radical (unpaired) electrons. The van der Waals surface area contributed by atoms with E-state index in [0.717, 1.165) is 61.2 Å². The maximum atomic E-state index is 5.26. The molecule has 0 bridgehead atoms. The van der Waals surface area contributed by atoms with Gasteiger partial charge >= 0.3 is 0 Å². The third-order valence-corrected chi connectivity index (χ3v) is 9.76. The van der Waals surface area contributed by atoms with Crippen molar-refractivity contribution < 1.29 is 0 Å². The van der Waals surface area contributed by atoms with Crippen molar-refractivity contribution in [1.82, 2.24) is 15.0 Å². The first-order valence-corrected chi connectivity index (χ1v) is 18.2. The Morgan fingerprint density at radius 3 is 1.17 bits per heavy atom. The van der Waals surface area contributed by atoms with E-state index < -0.39 is 0 Å². The largest absolute Gasteiger partial charge is 0.208 e. The van der Waals surface area contributed by atoms with Gasteiger partial charge in [-0.1, -0.05) is 194 Å². The Kier molecular flexibility index (Phi) is 8.94. The molecule has 8 aromatic carbocycles. The highest BCUT2D eigenvalue weighted by atomic mass is 15.0. The lowest BCUT2D eigenvalue weighted by Gasteiger charge is -2.17. The van der Waals surface area contributed by atoms with Gasteiger partial charge in [0, 0.05) is 16.7 Å². The predicted octanol–water partition coefficient (Wildman–Crippen LogP) is 13.2. The van der Waals surface area contributed by atoms with Crippen LogP contribution in [0.25, 0.3) is 89.8 Å². The quantitative estimate of drug-likeness (QED) is 0.159. The van der Waals surface area contributed by atoms with Gasteiger partial charge in [0.2, 0.25) is 0 Å². The molecule has 254 valence electrons. The van der Waals surface area contributed by atoms with Crippen molar-refractivity contribution in [2.24, 2.45) is 0 Å². The SMILES string of the molecule is c1ccc(-c2ccc(-c3nc(-c4ccccc4)nc(-c4cccc(-c5c(-c6ccccc6)cccc5-c5ccccc5)c4)n3)c(-c3ccccc3)c2)cc1. The maximum absolute atomic E-state index is 5.26. The summed E-state index contributed by atoms with van der Waals surface area (Å²) in [6.07, 6.45) is 0. The zero-order valence-corrected chi connectivity index (χ0v) is 29.5. The topological polar surface area (TPSA) is 38.7 Å². The van der Waals surface area contributed by atoms with E-state index in [1.165, 1.54) is 11.1 Å². The van der Waals surface area contributed by atoms with Gasteiger partial charge in [0.15, 0.2) is 17.5 Å². The summed E-state index contributed by atoms with van der Waals surface area (Å²) < 4.78 is 0. The molecule has 54 heavy (non-hydrogen) atoms. The van der Waals surface area contributed by atoms with Crippen molar-refractivity contribution in [2.75, 3.05) is 0 Å². The average molecular weight is 690 g/mol. The first-order valence-electron chi connectivity index (χ1n) is 18.2. The van der Waals surface area contributed by atoms with E-state index in [0.29, 0.717) is 17.5 Å². The van der Waals surface area contributed by atoms with Crippen LogP contribution in [0.3, 0.4) is 0 Å². The highest BCUT2D eigenvalue weighted by Gasteiger charge is 2.19. The molecule has 0 aliphatic carbocycles. The maximum Gasteiger partial charge on any atom is 0.164 e. The van der Waals surface area contributed by atoms with E-state index in [4.69, 9.17) is 15.0 Å². The fourth-order valence-electron chi connectivity index (χ4n) is 7.14. The van der Waals surface area contributed by atoms with Gasteiger partial charge in [-0.25, -0.2) is 15.0 Å². The van der Waals surface area contributed by atoms with Crippen LogP contribution in [-0.2, 0) is 0 Å². The van der Waals surface area contributed by atoms with Gasteiger partial charge < -0.3 is 0 Å². The van der Waals surface area contributed by atoms with Crippen LogP contribution in [0.1, 0.15) is 0 Å². The van der Waals surface area contributed by atoms with Crippen molar-refractivity contribution in [3.05, 3.63) is 212 Å². The van der Waals surface area contributed by atoms with E-state index in [-0.39, 0.29) is 0 Å². The molecule has 3 heteroatoms. The molecule has 0 spiro atoms. The van der Waals surface area contributed by atoms with Crippen molar-refractivity contribution in [3.63, 3.8) is 0 Å². The van der Waals surface area contributed by atoms with E-state index in [1.807, 2.05) is 30.3 Å². The minimum atomic E-state index is 0.616. The Labute approximate surface area is 316 Å². The third-order valence-electron chi connectivity index (χ3n) is 9.76. The third kappa shape index (κ3) is 6.63. The fraction of sp³-hybridized carbons (Fsp3) is 0. The molecule has 3 nitrogen and oxygen atoms in total.